The maximum atomic E-state index is 5.42. The van der Waals surface area contributed by atoms with Crippen molar-refractivity contribution in [3.8, 4) is 0 Å². The summed E-state index contributed by atoms with van der Waals surface area (Å²) in [5.74, 6) is 1.72. The largest absolute Gasteiger partial charge is 0.460 e. The van der Waals surface area contributed by atoms with Crippen LogP contribution in [0.4, 0.5) is 0 Å². The second kappa shape index (κ2) is 4.79. The van der Waals surface area contributed by atoms with E-state index in [4.69, 9.17) is 4.42 Å². The fraction of sp³-hybridized carbons (Fsp3) is 0.214. The van der Waals surface area contributed by atoms with Crippen LogP contribution in [-0.4, -0.2) is 6.21 Å². The zero-order valence-electron chi connectivity index (χ0n) is 9.55. The molecule has 0 bridgehead atoms. The molecule has 16 heavy (non-hydrogen) atoms. The molecule has 0 aliphatic rings. The van der Waals surface area contributed by atoms with E-state index in [1.165, 1.54) is 5.56 Å². The van der Waals surface area contributed by atoms with Crippen molar-refractivity contribution in [2.24, 2.45) is 4.99 Å². The highest BCUT2D eigenvalue weighted by Gasteiger charge is 2.01. The summed E-state index contributed by atoms with van der Waals surface area (Å²) in [5.41, 5.74) is 1.21. The first-order chi connectivity index (χ1) is 7.75. The van der Waals surface area contributed by atoms with Crippen LogP contribution < -0.4 is 0 Å². The second-order valence-corrected chi connectivity index (χ2v) is 3.81. The quantitative estimate of drug-likeness (QED) is 0.712. The molecular formula is C14H15NO. The van der Waals surface area contributed by atoms with E-state index >= 15 is 0 Å². The summed E-state index contributed by atoms with van der Waals surface area (Å²) in [7, 11) is 0. The van der Waals surface area contributed by atoms with Gasteiger partial charge < -0.3 is 4.42 Å². The van der Waals surface area contributed by atoms with Gasteiger partial charge in [0.25, 0.3) is 0 Å². The third kappa shape index (κ3) is 2.60. The first-order valence-corrected chi connectivity index (χ1v) is 5.40. The van der Waals surface area contributed by atoms with E-state index in [-0.39, 0.29) is 6.04 Å². The molecule has 0 aliphatic heterocycles. The third-order valence-electron chi connectivity index (χ3n) is 2.47. The normalized spacial score (nSPS) is 13.1. The highest BCUT2D eigenvalue weighted by molar-refractivity contribution is 5.76. The van der Waals surface area contributed by atoms with Gasteiger partial charge in [-0.1, -0.05) is 30.3 Å². The Balaban J connectivity index is 2.08. The van der Waals surface area contributed by atoms with E-state index in [0.29, 0.717) is 0 Å². The summed E-state index contributed by atoms with van der Waals surface area (Å²) in [6, 6.07) is 14.2. The summed E-state index contributed by atoms with van der Waals surface area (Å²) < 4.78 is 5.42. The summed E-state index contributed by atoms with van der Waals surface area (Å²) >= 11 is 0. The lowest BCUT2D eigenvalue weighted by Gasteiger charge is -2.04. The number of aliphatic imine (C=N–C) groups is 1. The molecule has 0 fully saturated rings. The lowest BCUT2D eigenvalue weighted by atomic mass is 10.1. The Hall–Kier alpha value is -1.83. The molecule has 1 atom stereocenters. The minimum atomic E-state index is 0.159. The van der Waals surface area contributed by atoms with E-state index in [2.05, 4.69) is 24.0 Å². The van der Waals surface area contributed by atoms with Gasteiger partial charge in [-0.15, -0.1) is 0 Å². The molecular weight excluding hydrogens is 198 g/mol. The van der Waals surface area contributed by atoms with E-state index < -0.39 is 0 Å². The van der Waals surface area contributed by atoms with Crippen LogP contribution in [0.2, 0.25) is 0 Å². The van der Waals surface area contributed by atoms with Gasteiger partial charge in [0, 0.05) is 0 Å². The van der Waals surface area contributed by atoms with Crippen molar-refractivity contribution in [1.29, 1.82) is 0 Å². The highest BCUT2D eigenvalue weighted by Crippen LogP contribution is 2.15. The Labute approximate surface area is 95.6 Å². The summed E-state index contributed by atoms with van der Waals surface area (Å²) in [6.45, 7) is 4.00. The van der Waals surface area contributed by atoms with Gasteiger partial charge >= 0.3 is 0 Å². The molecule has 0 saturated carbocycles. The van der Waals surface area contributed by atoms with E-state index in [1.54, 1.807) is 6.21 Å². The van der Waals surface area contributed by atoms with Crippen molar-refractivity contribution in [2.45, 2.75) is 19.9 Å². The van der Waals surface area contributed by atoms with Gasteiger partial charge in [-0.3, -0.25) is 4.99 Å². The van der Waals surface area contributed by atoms with E-state index in [1.807, 2.05) is 37.3 Å². The first kappa shape index (κ1) is 10.7. The molecule has 1 unspecified atom stereocenters. The molecule has 0 aliphatic carbocycles. The smallest absolute Gasteiger partial charge is 0.144 e. The van der Waals surface area contributed by atoms with Crippen LogP contribution >= 0.6 is 0 Å². The maximum absolute atomic E-state index is 5.42. The fourth-order valence-electron chi connectivity index (χ4n) is 1.53. The van der Waals surface area contributed by atoms with Crippen LogP contribution in [0.5, 0.6) is 0 Å². The Kier molecular flexibility index (Phi) is 3.20. The van der Waals surface area contributed by atoms with Crippen LogP contribution in [0.25, 0.3) is 0 Å². The zero-order valence-corrected chi connectivity index (χ0v) is 9.55. The van der Waals surface area contributed by atoms with Crippen LogP contribution in [0.15, 0.2) is 51.9 Å². The summed E-state index contributed by atoms with van der Waals surface area (Å²) in [4.78, 5) is 4.46. The Morgan fingerprint density at radius 2 is 1.88 bits per heavy atom. The van der Waals surface area contributed by atoms with Crippen LogP contribution in [0, 0.1) is 6.92 Å². The minimum Gasteiger partial charge on any atom is -0.460 e. The Morgan fingerprint density at radius 3 is 2.50 bits per heavy atom. The molecule has 0 amide bonds. The molecule has 1 aromatic heterocycles. The van der Waals surface area contributed by atoms with Gasteiger partial charge in [0.2, 0.25) is 0 Å². The monoisotopic (exact) mass is 213 g/mol. The lowest BCUT2D eigenvalue weighted by Crippen LogP contribution is -1.89. The van der Waals surface area contributed by atoms with Crippen LogP contribution in [-0.2, 0) is 0 Å². The van der Waals surface area contributed by atoms with E-state index in [0.717, 1.165) is 11.5 Å². The van der Waals surface area contributed by atoms with Crippen molar-refractivity contribution in [1.82, 2.24) is 0 Å². The van der Waals surface area contributed by atoms with Crippen molar-refractivity contribution in [3.05, 3.63) is 59.5 Å². The molecule has 1 heterocycles. The summed E-state index contributed by atoms with van der Waals surface area (Å²) in [6.07, 6.45) is 1.78. The number of hydrogen-bond acceptors (Lipinski definition) is 2. The van der Waals surface area contributed by atoms with Gasteiger partial charge in [-0.05, 0) is 31.5 Å². The Bertz CT molecular complexity index is 470. The molecule has 0 saturated heterocycles. The molecule has 2 aromatic rings. The van der Waals surface area contributed by atoms with Gasteiger partial charge in [0.15, 0.2) is 0 Å². The Morgan fingerprint density at radius 1 is 1.12 bits per heavy atom. The molecule has 0 radical (unpaired) electrons. The van der Waals surface area contributed by atoms with Gasteiger partial charge in [0.1, 0.15) is 11.5 Å². The van der Waals surface area contributed by atoms with Gasteiger partial charge in [-0.2, -0.15) is 0 Å². The van der Waals surface area contributed by atoms with Crippen molar-refractivity contribution in [2.75, 3.05) is 0 Å². The minimum absolute atomic E-state index is 0.159. The average Bonchev–Trinajstić information content (AvgIpc) is 2.73. The third-order valence-corrected chi connectivity index (χ3v) is 2.47. The topological polar surface area (TPSA) is 25.5 Å². The maximum Gasteiger partial charge on any atom is 0.144 e. The SMILES string of the molecule is Cc1ccc(C=NC(C)c2ccccc2)o1. The van der Waals surface area contributed by atoms with E-state index in [9.17, 15) is 0 Å². The first-order valence-electron chi connectivity index (χ1n) is 5.40. The fourth-order valence-corrected chi connectivity index (χ4v) is 1.53. The van der Waals surface area contributed by atoms with Crippen molar-refractivity contribution in [3.63, 3.8) is 0 Å². The lowest BCUT2D eigenvalue weighted by molar-refractivity contribution is 0.527. The van der Waals surface area contributed by atoms with Crippen LogP contribution in [0.1, 0.15) is 30.0 Å². The molecule has 0 spiro atoms. The predicted octanol–water partition coefficient (Wildman–Crippen LogP) is 3.77. The zero-order chi connectivity index (χ0) is 11.4. The highest BCUT2D eigenvalue weighted by atomic mass is 16.3. The van der Waals surface area contributed by atoms with Crippen LogP contribution in [0.3, 0.4) is 0 Å². The average molecular weight is 213 g/mol. The van der Waals surface area contributed by atoms with Gasteiger partial charge in [-0.25, -0.2) is 0 Å². The van der Waals surface area contributed by atoms with Crippen molar-refractivity contribution >= 4 is 6.21 Å². The molecule has 2 rings (SSSR count). The predicted molar refractivity (Wildman–Crippen MR) is 65.9 cm³/mol. The number of benzene rings is 1. The molecule has 1 aromatic carbocycles. The van der Waals surface area contributed by atoms with Crippen molar-refractivity contribution < 1.29 is 4.42 Å². The number of aryl methyl sites for hydroxylation is 1. The molecule has 2 heteroatoms. The number of hydrogen-bond donors (Lipinski definition) is 0. The molecule has 0 N–H and O–H groups in total. The number of nitrogens with zero attached hydrogens (tertiary/aromatic N) is 1. The standard InChI is InChI=1S/C14H15NO/c1-11-8-9-14(16-11)10-15-12(2)13-6-4-3-5-7-13/h3-10,12H,1-2H3. The summed E-state index contributed by atoms with van der Waals surface area (Å²) in [5, 5.41) is 0. The molecule has 82 valence electrons. The number of furan rings is 1. The van der Waals surface area contributed by atoms with Gasteiger partial charge in [0.05, 0.1) is 12.3 Å². The second-order valence-electron chi connectivity index (χ2n) is 3.81. The number of rotatable bonds is 3. The molecule has 2 nitrogen and oxygen atoms in total.